The molecule has 7 atom stereocenters. The molecule has 1 aromatic carbocycles. The molecule has 0 saturated carbocycles. The topological polar surface area (TPSA) is 99.6 Å². The zero-order valence-corrected chi connectivity index (χ0v) is 26.5. The number of amides is 3. The first-order chi connectivity index (χ1) is 20.6. The molecule has 3 aliphatic heterocycles. The van der Waals surface area contributed by atoms with Gasteiger partial charge in [0.25, 0.3) is 0 Å². The molecule has 3 unspecified atom stereocenters. The molecule has 9 heteroatoms. The monoisotopic (exact) mass is 595 g/mol. The normalized spacial score (nSPS) is 29.7. The van der Waals surface area contributed by atoms with Crippen LogP contribution in [0.15, 0.2) is 49.6 Å². The lowest BCUT2D eigenvalue weighted by molar-refractivity contribution is -0.155. The Kier molecular flexibility index (Phi) is 10.1. The van der Waals surface area contributed by atoms with E-state index in [2.05, 4.69) is 20.1 Å². The van der Waals surface area contributed by atoms with E-state index in [4.69, 9.17) is 9.47 Å². The summed E-state index contributed by atoms with van der Waals surface area (Å²) in [5.74, 6) is -1.83. The Bertz CT molecular complexity index is 1200. The number of aliphatic hydroxyl groups excluding tert-OH is 1. The van der Waals surface area contributed by atoms with Gasteiger partial charge in [0, 0.05) is 25.3 Å². The average molecular weight is 596 g/mol. The van der Waals surface area contributed by atoms with Crippen LogP contribution < -0.4 is 9.64 Å². The SMILES string of the molecule is C=CCN(CCCC)C(=O)C1N([C@@H](CC)CO)C(=O)[C@@H]2[C@H](C(=O)N(CC=C)c3ccc(OCC)cc3)[C@@]3(C)OC12CC3C. The van der Waals surface area contributed by atoms with Crippen LogP contribution in [0, 0.1) is 17.8 Å². The fraction of sp³-hybridized carbons (Fsp3) is 0.618. The first kappa shape index (κ1) is 32.7. The molecule has 43 heavy (non-hydrogen) atoms. The van der Waals surface area contributed by atoms with E-state index in [9.17, 15) is 19.5 Å². The summed E-state index contributed by atoms with van der Waals surface area (Å²) in [6.07, 6.45) is 6.01. The zero-order chi connectivity index (χ0) is 31.5. The van der Waals surface area contributed by atoms with Crippen LogP contribution in [0.1, 0.15) is 60.3 Å². The summed E-state index contributed by atoms with van der Waals surface area (Å²) in [7, 11) is 0. The number of benzene rings is 1. The molecule has 1 aromatic rings. The minimum atomic E-state index is -1.18. The van der Waals surface area contributed by atoms with Gasteiger partial charge in [-0.3, -0.25) is 14.4 Å². The number of nitrogens with zero attached hydrogens (tertiary/aromatic N) is 3. The van der Waals surface area contributed by atoms with Crippen molar-refractivity contribution in [3.63, 3.8) is 0 Å². The van der Waals surface area contributed by atoms with E-state index in [1.807, 2.05) is 52.0 Å². The van der Waals surface area contributed by atoms with Gasteiger partial charge in [-0.2, -0.15) is 0 Å². The molecule has 1 spiro atoms. The van der Waals surface area contributed by atoms with Crippen LogP contribution >= 0.6 is 0 Å². The molecule has 1 N–H and O–H groups in total. The van der Waals surface area contributed by atoms with Gasteiger partial charge in [0.15, 0.2) is 0 Å². The summed E-state index contributed by atoms with van der Waals surface area (Å²) in [6.45, 7) is 18.9. The van der Waals surface area contributed by atoms with Crippen molar-refractivity contribution in [2.75, 3.05) is 37.7 Å². The molecule has 3 fully saturated rings. The summed E-state index contributed by atoms with van der Waals surface area (Å²) >= 11 is 0. The second kappa shape index (κ2) is 13.2. The molecule has 0 aliphatic carbocycles. The summed E-state index contributed by atoms with van der Waals surface area (Å²) in [6, 6.07) is 5.78. The van der Waals surface area contributed by atoms with E-state index in [1.54, 1.807) is 26.9 Å². The fourth-order valence-corrected chi connectivity index (χ4v) is 7.62. The Morgan fingerprint density at radius 2 is 1.84 bits per heavy atom. The standard InChI is InChI=1S/C34H49N3O6/c1-8-13-20-35(18-9-2)32(41)29-34-21-23(6)33(7,43-34)27(28(34)31(40)37(29)24(11-4)22-38)30(39)36(19-10-3)25-14-16-26(17-15-25)42-12-5/h9-10,14-17,23-24,27-29,38H,2-3,8,11-13,18-22H2,1,4-7H3/t23?,24-,27+,28-,29?,33-,34?/m0/s1. The molecular weight excluding hydrogens is 546 g/mol. The Morgan fingerprint density at radius 3 is 2.40 bits per heavy atom. The molecule has 236 valence electrons. The van der Waals surface area contributed by atoms with Crippen molar-refractivity contribution in [1.82, 2.24) is 9.80 Å². The van der Waals surface area contributed by atoms with Crippen molar-refractivity contribution in [3.8, 4) is 5.75 Å². The van der Waals surface area contributed by atoms with Crippen LogP contribution in [0.3, 0.4) is 0 Å². The van der Waals surface area contributed by atoms with Crippen molar-refractivity contribution < 1.29 is 29.0 Å². The minimum Gasteiger partial charge on any atom is -0.494 e. The number of aliphatic hydroxyl groups is 1. The number of unbranched alkanes of at least 4 members (excludes halogenated alkanes) is 1. The average Bonchev–Trinajstić information content (AvgIpc) is 3.51. The van der Waals surface area contributed by atoms with E-state index < -0.39 is 35.1 Å². The second-order valence-corrected chi connectivity index (χ2v) is 12.3. The number of hydrogen-bond donors (Lipinski definition) is 1. The number of hydrogen-bond acceptors (Lipinski definition) is 6. The maximum absolute atomic E-state index is 14.7. The number of carbonyl (C=O) groups excluding carboxylic acids is 3. The lowest BCUT2D eigenvalue weighted by Crippen LogP contribution is -2.59. The van der Waals surface area contributed by atoms with Crippen LogP contribution in [0.4, 0.5) is 5.69 Å². The first-order valence-electron chi connectivity index (χ1n) is 15.8. The number of rotatable bonds is 15. The molecule has 3 saturated heterocycles. The van der Waals surface area contributed by atoms with Crippen LogP contribution in [0.5, 0.6) is 5.75 Å². The van der Waals surface area contributed by atoms with Gasteiger partial charge >= 0.3 is 0 Å². The molecule has 9 nitrogen and oxygen atoms in total. The van der Waals surface area contributed by atoms with Gasteiger partial charge in [-0.15, -0.1) is 13.2 Å². The van der Waals surface area contributed by atoms with E-state index in [1.165, 1.54) is 0 Å². The molecular formula is C34H49N3O6. The minimum absolute atomic E-state index is 0.0932. The number of ether oxygens (including phenoxy) is 2. The van der Waals surface area contributed by atoms with Crippen LogP contribution in [0.25, 0.3) is 0 Å². The molecule has 0 radical (unpaired) electrons. The van der Waals surface area contributed by atoms with E-state index in [0.29, 0.717) is 44.0 Å². The highest BCUT2D eigenvalue weighted by atomic mass is 16.5. The van der Waals surface area contributed by atoms with E-state index >= 15 is 0 Å². The maximum atomic E-state index is 14.7. The third kappa shape index (κ3) is 5.39. The van der Waals surface area contributed by atoms with Gasteiger partial charge in [0.2, 0.25) is 17.7 Å². The van der Waals surface area contributed by atoms with Gasteiger partial charge in [-0.25, -0.2) is 0 Å². The highest BCUT2D eigenvalue weighted by molar-refractivity contribution is 6.03. The molecule has 3 aliphatic rings. The van der Waals surface area contributed by atoms with Gasteiger partial charge in [0.05, 0.1) is 36.7 Å². The number of likely N-dealkylation sites (tertiary alicyclic amines) is 1. The highest BCUT2D eigenvalue weighted by Gasteiger charge is 2.80. The Morgan fingerprint density at radius 1 is 1.16 bits per heavy atom. The maximum Gasteiger partial charge on any atom is 0.248 e. The van der Waals surface area contributed by atoms with Gasteiger partial charge in [-0.1, -0.05) is 39.3 Å². The van der Waals surface area contributed by atoms with Crippen LogP contribution in [-0.2, 0) is 19.1 Å². The second-order valence-electron chi connectivity index (χ2n) is 12.3. The van der Waals surface area contributed by atoms with Gasteiger partial charge < -0.3 is 29.3 Å². The zero-order valence-electron chi connectivity index (χ0n) is 26.5. The third-order valence-corrected chi connectivity index (χ3v) is 9.81. The number of carbonyl (C=O) groups is 3. The highest BCUT2D eigenvalue weighted by Crippen LogP contribution is 2.66. The van der Waals surface area contributed by atoms with Crippen molar-refractivity contribution in [2.24, 2.45) is 17.8 Å². The summed E-state index contributed by atoms with van der Waals surface area (Å²) < 4.78 is 12.5. The van der Waals surface area contributed by atoms with Crippen molar-refractivity contribution in [1.29, 1.82) is 0 Å². The summed E-state index contributed by atoms with van der Waals surface area (Å²) in [4.78, 5) is 48.7. The first-order valence-corrected chi connectivity index (χ1v) is 15.8. The van der Waals surface area contributed by atoms with Crippen molar-refractivity contribution >= 4 is 23.4 Å². The van der Waals surface area contributed by atoms with Crippen molar-refractivity contribution in [2.45, 2.75) is 83.6 Å². The van der Waals surface area contributed by atoms with Gasteiger partial charge in [0.1, 0.15) is 17.4 Å². The summed E-state index contributed by atoms with van der Waals surface area (Å²) in [5.41, 5.74) is -1.48. The van der Waals surface area contributed by atoms with Gasteiger partial charge in [-0.05, 0) is 63.3 Å². The van der Waals surface area contributed by atoms with Crippen molar-refractivity contribution in [3.05, 3.63) is 49.6 Å². The molecule has 4 rings (SSSR count). The largest absolute Gasteiger partial charge is 0.494 e. The Balaban J connectivity index is 1.82. The smallest absolute Gasteiger partial charge is 0.248 e. The number of anilines is 1. The van der Waals surface area contributed by atoms with Crippen LogP contribution in [0.2, 0.25) is 0 Å². The summed E-state index contributed by atoms with van der Waals surface area (Å²) in [5, 5.41) is 10.4. The predicted molar refractivity (Wildman–Crippen MR) is 167 cm³/mol. The van der Waals surface area contributed by atoms with Crippen LogP contribution in [-0.4, -0.2) is 88.8 Å². The van der Waals surface area contributed by atoms with E-state index in [-0.39, 0.29) is 36.8 Å². The fourth-order valence-electron chi connectivity index (χ4n) is 7.62. The lowest BCUT2D eigenvalue weighted by atomic mass is 9.62. The lowest BCUT2D eigenvalue weighted by Gasteiger charge is -2.39. The molecule has 0 aromatic heterocycles. The Labute approximate surface area is 256 Å². The predicted octanol–water partition coefficient (Wildman–Crippen LogP) is 4.20. The molecule has 3 amide bonds. The number of fused-ring (bicyclic) bond motifs is 1. The third-order valence-electron chi connectivity index (χ3n) is 9.81. The molecule has 3 heterocycles. The van der Waals surface area contributed by atoms with E-state index in [0.717, 1.165) is 12.8 Å². The quantitative estimate of drug-likeness (QED) is 0.305. The molecule has 2 bridgehead atoms. The Hall–Kier alpha value is -3.17.